The molecular weight excluding hydrogens is 254 g/mol. The lowest BCUT2D eigenvalue weighted by Crippen LogP contribution is -2.24. The average Bonchev–Trinajstić information content (AvgIpc) is 2.41. The highest BCUT2D eigenvalue weighted by molar-refractivity contribution is 5.90. The number of carbonyl (C=O) groups is 2. The fraction of sp³-hybridized carbons (Fsp3) is 0.467. The van der Waals surface area contributed by atoms with Crippen molar-refractivity contribution in [3.63, 3.8) is 0 Å². The smallest absolute Gasteiger partial charge is 0.224 e. The Labute approximate surface area is 119 Å². The molecule has 5 nitrogen and oxygen atoms in total. The van der Waals surface area contributed by atoms with Crippen LogP contribution in [0.5, 0.6) is 0 Å². The highest BCUT2D eigenvalue weighted by atomic mass is 16.2. The highest BCUT2D eigenvalue weighted by Crippen LogP contribution is 2.11. The van der Waals surface area contributed by atoms with E-state index in [1.165, 1.54) is 0 Å². The Bertz CT molecular complexity index is 429. The molecule has 5 heteroatoms. The third-order valence-electron chi connectivity index (χ3n) is 2.83. The Morgan fingerprint density at radius 1 is 1.10 bits per heavy atom. The van der Waals surface area contributed by atoms with E-state index in [1.54, 1.807) is 0 Å². The van der Waals surface area contributed by atoms with Crippen molar-refractivity contribution in [2.75, 3.05) is 18.4 Å². The zero-order chi connectivity index (χ0) is 14.8. The quantitative estimate of drug-likeness (QED) is 0.628. The largest absolute Gasteiger partial charge is 0.356 e. The second-order valence-electron chi connectivity index (χ2n) is 4.62. The number of hydrogen-bond donors (Lipinski definition) is 3. The lowest BCUT2D eigenvalue weighted by Gasteiger charge is -2.06. The molecule has 0 fully saturated rings. The number of benzene rings is 1. The number of anilines is 1. The molecule has 0 saturated heterocycles. The molecular formula is C15H23N3O2. The molecule has 0 radical (unpaired) electrons. The number of rotatable bonds is 8. The number of nitrogens with one attached hydrogen (secondary N) is 2. The average molecular weight is 277 g/mol. The van der Waals surface area contributed by atoms with Crippen molar-refractivity contribution in [3.8, 4) is 0 Å². The van der Waals surface area contributed by atoms with Gasteiger partial charge in [0.1, 0.15) is 0 Å². The van der Waals surface area contributed by atoms with Crippen LogP contribution in [0.25, 0.3) is 0 Å². The molecule has 0 heterocycles. The van der Waals surface area contributed by atoms with Gasteiger partial charge in [-0.3, -0.25) is 9.59 Å². The molecule has 0 bridgehead atoms. The SMILES string of the molecule is CCNC(=O)Cc1ccc(NC(=O)CCCCN)cc1. The minimum Gasteiger partial charge on any atom is -0.356 e. The van der Waals surface area contributed by atoms with Gasteiger partial charge in [0.2, 0.25) is 11.8 Å². The van der Waals surface area contributed by atoms with Gasteiger partial charge in [0, 0.05) is 18.7 Å². The van der Waals surface area contributed by atoms with Crippen LogP contribution in [-0.4, -0.2) is 24.9 Å². The van der Waals surface area contributed by atoms with Crippen molar-refractivity contribution < 1.29 is 9.59 Å². The summed E-state index contributed by atoms with van der Waals surface area (Å²) in [4.78, 5) is 23.0. The zero-order valence-corrected chi connectivity index (χ0v) is 11.9. The van der Waals surface area contributed by atoms with Crippen LogP contribution in [0.4, 0.5) is 5.69 Å². The number of hydrogen-bond acceptors (Lipinski definition) is 3. The second-order valence-corrected chi connectivity index (χ2v) is 4.62. The molecule has 0 aliphatic rings. The summed E-state index contributed by atoms with van der Waals surface area (Å²) in [6.07, 6.45) is 2.51. The molecule has 20 heavy (non-hydrogen) atoms. The van der Waals surface area contributed by atoms with Gasteiger partial charge in [-0.15, -0.1) is 0 Å². The van der Waals surface area contributed by atoms with E-state index in [9.17, 15) is 9.59 Å². The maximum atomic E-state index is 11.6. The minimum atomic E-state index is -0.00470. The third kappa shape index (κ3) is 6.33. The fourth-order valence-electron chi connectivity index (χ4n) is 1.80. The van der Waals surface area contributed by atoms with E-state index in [-0.39, 0.29) is 11.8 Å². The topological polar surface area (TPSA) is 84.2 Å². The van der Waals surface area contributed by atoms with Crippen molar-refractivity contribution in [2.24, 2.45) is 5.73 Å². The summed E-state index contributed by atoms with van der Waals surface area (Å²) in [5.41, 5.74) is 7.06. The number of carbonyl (C=O) groups excluding carboxylic acids is 2. The van der Waals surface area contributed by atoms with Crippen LogP contribution in [0.2, 0.25) is 0 Å². The first-order valence-corrected chi connectivity index (χ1v) is 7.01. The van der Waals surface area contributed by atoms with Crippen molar-refractivity contribution in [2.45, 2.75) is 32.6 Å². The first kappa shape index (κ1) is 16.2. The standard InChI is InChI=1S/C15H23N3O2/c1-2-17-15(20)11-12-6-8-13(9-7-12)18-14(19)5-3-4-10-16/h6-9H,2-5,10-11,16H2,1H3,(H,17,20)(H,18,19). The van der Waals surface area contributed by atoms with Crippen LogP contribution in [0.1, 0.15) is 31.7 Å². The predicted octanol–water partition coefficient (Wildman–Crippen LogP) is 1.43. The van der Waals surface area contributed by atoms with Gasteiger partial charge >= 0.3 is 0 Å². The van der Waals surface area contributed by atoms with Gasteiger partial charge in [-0.05, 0) is 44.0 Å². The van der Waals surface area contributed by atoms with E-state index in [1.807, 2.05) is 31.2 Å². The van der Waals surface area contributed by atoms with Crippen LogP contribution < -0.4 is 16.4 Å². The Morgan fingerprint density at radius 2 is 1.80 bits per heavy atom. The Balaban J connectivity index is 2.42. The van der Waals surface area contributed by atoms with E-state index < -0.39 is 0 Å². The molecule has 0 aliphatic carbocycles. The third-order valence-corrected chi connectivity index (χ3v) is 2.83. The molecule has 0 unspecified atom stereocenters. The van der Waals surface area contributed by atoms with Gasteiger partial charge in [-0.2, -0.15) is 0 Å². The molecule has 0 atom stereocenters. The molecule has 0 spiro atoms. The maximum absolute atomic E-state index is 11.6. The summed E-state index contributed by atoms with van der Waals surface area (Å²) in [5, 5.41) is 5.58. The molecule has 1 aromatic carbocycles. The maximum Gasteiger partial charge on any atom is 0.224 e. The molecule has 1 aromatic rings. The molecule has 1 rings (SSSR count). The predicted molar refractivity (Wildman–Crippen MR) is 80.4 cm³/mol. The second kappa shape index (κ2) is 9.09. The summed E-state index contributed by atoms with van der Waals surface area (Å²) in [5.74, 6) is 0.000922. The van der Waals surface area contributed by atoms with E-state index >= 15 is 0 Å². The van der Waals surface area contributed by atoms with Gasteiger partial charge in [0.05, 0.1) is 6.42 Å². The first-order valence-electron chi connectivity index (χ1n) is 7.01. The van der Waals surface area contributed by atoms with Crippen molar-refractivity contribution in [1.82, 2.24) is 5.32 Å². The van der Waals surface area contributed by atoms with Gasteiger partial charge in [-0.25, -0.2) is 0 Å². The molecule has 0 saturated carbocycles. The van der Waals surface area contributed by atoms with Crippen LogP contribution in [-0.2, 0) is 16.0 Å². The van der Waals surface area contributed by atoms with E-state index in [2.05, 4.69) is 10.6 Å². The number of likely N-dealkylation sites (N-methyl/N-ethyl adjacent to an activating group) is 1. The summed E-state index contributed by atoms with van der Waals surface area (Å²) in [7, 11) is 0. The van der Waals surface area contributed by atoms with Crippen LogP contribution in [0.15, 0.2) is 24.3 Å². The molecule has 110 valence electrons. The fourth-order valence-corrected chi connectivity index (χ4v) is 1.80. The summed E-state index contributed by atoms with van der Waals surface area (Å²) in [6.45, 7) is 3.14. The van der Waals surface area contributed by atoms with Crippen LogP contribution in [0.3, 0.4) is 0 Å². The Kier molecular flexibility index (Phi) is 7.35. The highest BCUT2D eigenvalue weighted by Gasteiger charge is 2.04. The molecule has 0 aliphatic heterocycles. The Morgan fingerprint density at radius 3 is 2.40 bits per heavy atom. The number of unbranched alkanes of at least 4 members (excludes halogenated alkanes) is 1. The van der Waals surface area contributed by atoms with Gasteiger partial charge in [-0.1, -0.05) is 12.1 Å². The molecule has 2 amide bonds. The van der Waals surface area contributed by atoms with Crippen molar-refractivity contribution >= 4 is 17.5 Å². The lowest BCUT2D eigenvalue weighted by atomic mass is 10.1. The first-order chi connectivity index (χ1) is 9.65. The minimum absolute atomic E-state index is 0.00470. The Hall–Kier alpha value is -1.88. The van der Waals surface area contributed by atoms with E-state index in [0.717, 1.165) is 24.1 Å². The molecule has 4 N–H and O–H groups in total. The van der Waals surface area contributed by atoms with Crippen LogP contribution in [0, 0.1) is 0 Å². The van der Waals surface area contributed by atoms with E-state index in [4.69, 9.17) is 5.73 Å². The van der Waals surface area contributed by atoms with Gasteiger partial charge < -0.3 is 16.4 Å². The van der Waals surface area contributed by atoms with Crippen LogP contribution >= 0.6 is 0 Å². The lowest BCUT2D eigenvalue weighted by molar-refractivity contribution is -0.120. The van der Waals surface area contributed by atoms with Gasteiger partial charge in [0.15, 0.2) is 0 Å². The van der Waals surface area contributed by atoms with Crippen molar-refractivity contribution in [3.05, 3.63) is 29.8 Å². The normalized spacial score (nSPS) is 10.1. The summed E-state index contributed by atoms with van der Waals surface area (Å²) < 4.78 is 0. The number of amides is 2. The summed E-state index contributed by atoms with van der Waals surface area (Å²) >= 11 is 0. The zero-order valence-electron chi connectivity index (χ0n) is 11.9. The number of nitrogens with two attached hydrogens (primary N) is 1. The monoisotopic (exact) mass is 277 g/mol. The molecule has 0 aromatic heterocycles. The van der Waals surface area contributed by atoms with Gasteiger partial charge in [0.25, 0.3) is 0 Å². The summed E-state index contributed by atoms with van der Waals surface area (Å²) in [6, 6.07) is 7.33. The van der Waals surface area contributed by atoms with Crippen molar-refractivity contribution in [1.29, 1.82) is 0 Å². The van der Waals surface area contributed by atoms with E-state index in [0.29, 0.717) is 25.9 Å².